The molecule has 0 radical (unpaired) electrons. The minimum atomic E-state index is -0.985. The molecule has 0 aliphatic carbocycles. The van der Waals surface area contributed by atoms with E-state index in [0.717, 1.165) is 22.8 Å². The number of pyridine rings is 1. The monoisotopic (exact) mass is 638 g/mol. The van der Waals surface area contributed by atoms with Crippen LogP contribution in [0.1, 0.15) is 43.0 Å². The van der Waals surface area contributed by atoms with Crippen molar-refractivity contribution >= 4 is 56.5 Å². The fraction of sp³-hybridized carbons (Fsp3) is 0.206. The van der Waals surface area contributed by atoms with Gasteiger partial charge in [0.05, 0.1) is 24.8 Å². The fourth-order valence-corrected chi connectivity index (χ4v) is 7.09. The summed E-state index contributed by atoms with van der Waals surface area (Å²) < 4.78 is 12.4. The molecule has 0 bridgehead atoms. The first-order valence-corrected chi connectivity index (χ1v) is 16.3. The molecule has 6 rings (SSSR count). The van der Waals surface area contributed by atoms with Crippen LogP contribution in [0.4, 0.5) is 5.13 Å². The number of benzene rings is 3. The van der Waals surface area contributed by atoms with E-state index in [4.69, 9.17) is 9.47 Å². The zero-order valence-electron chi connectivity index (χ0n) is 24.7. The van der Waals surface area contributed by atoms with Crippen molar-refractivity contribution in [3.63, 3.8) is 0 Å². The van der Waals surface area contributed by atoms with E-state index in [1.165, 1.54) is 40.4 Å². The minimum Gasteiger partial charge on any atom is -0.507 e. The number of fused-ring (bicyclic) bond motifs is 1. The number of aliphatic hydroxyl groups is 1. The van der Waals surface area contributed by atoms with Crippen LogP contribution in [0.2, 0.25) is 0 Å². The van der Waals surface area contributed by atoms with Crippen molar-refractivity contribution in [2.75, 3.05) is 18.1 Å². The number of nitrogens with zero attached hydrogens (tertiary/aromatic N) is 4. The second kappa shape index (κ2) is 13.5. The Hall–Kier alpha value is -4.74. The molecule has 1 atom stereocenters. The van der Waals surface area contributed by atoms with Gasteiger partial charge in [-0.2, -0.15) is 0 Å². The molecular weight excluding hydrogens is 609 g/mol. The molecule has 0 spiro atoms. The number of thioether (sulfide) groups is 1. The lowest BCUT2D eigenvalue weighted by Gasteiger charge is -2.23. The molecule has 0 saturated carbocycles. The number of ether oxygens (including phenoxy) is 2. The first-order chi connectivity index (χ1) is 22.0. The number of hydrogen-bond donors (Lipinski definition) is 1. The van der Waals surface area contributed by atoms with Gasteiger partial charge in [-0.25, -0.2) is 0 Å². The highest BCUT2D eigenvalue weighted by Gasteiger charge is 2.48. The van der Waals surface area contributed by atoms with E-state index < -0.39 is 17.7 Å². The maximum absolute atomic E-state index is 13.7. The quantitative estimate of drug-likeness (QED) is 0.0528. The number of aromatic nitrogens is 3. The first-order valence-electron chi connectivity index (χ1n) is 14.5. The molecule has 1 aliphatic heterocycles. The summed E-state index contributed by atoms with van der Waals surface area (Å²) in [5.74, 6) is -0.252. The van der Waals surface area contributed by atoms with Crippen LogP contribution in [0.5, 0.6) is 11.5 Å². The summed E-state index contributed by atoms with van der Waals surface area (Å²) in [6.45, 7) is 4.77. The highest BCUT2D eigenvalue weighted by molar-refractivity contribution is 8.00. The average Bonchev–Trinajstić information content (AvgIpc) is 3.64. The van der Waals surface area contributed by atoms with Crippen LogP contribution >= 0.6 is 23.1 Å². The summed E-state index contributed by atoms with van der Waals surface area (Å²) >= 11 is 2.73. The van der Waals surface area contributed by atoms with E-state index in [1.807, 2.05) is 32.0 Å². The summed E-state index contributed by atoms with van der Waals surface area (Å²) in [5, 5.41) is 22.7. The number of hydrogen-bond acceptors (Lipinski definition) is 10. The van der Waals surface area contributed by atoms with Crippen LogP contribution in [-0.2, 0) is 15.3 Å². The molecule has 1 unspecified atom stereocenters. The summed E-state index contributed by atoms with van der Waals surface area (Å²) in [5.41, 5.74) is 2.01. The van der Waals surface area contributed by atoms with Crippen molar-refractivity contribution in [1.82, 2.24) is 15.2 Å². The predicted octanol–water partition coefficient (Wildman–Crippen LogP) is 7.19. The molecule has 228 valence electrons. The highest BCUT2D eigenvalue weighted by atomic mass is 32.2. The van der Waals surface area contributed by atoms with Gasteiger partial charge in [0.1, 0.15) is 5.76 Å². The van der Waals surface area contributed by atoms with Gasteiger partial charge >= 0.3 is 5.91 Å². The second-order valence-corrected chi connectivity index (χ2v) is 12.3. The van der Waals surface area contributed by atoms with Crippen LogP contribution in [0.25, 0.3) is 16.5 Å². The summed E-state index contributed by atoms with van der Waals surface area (Å²) in [4.78, 5) is 32.6. The smallest absolute Gasteiger partial charge is 0.301 e. The third-order valence-electron chi connectivity index (χ3n) is 7.28. The van der Waals surface area contributed by atoms with Gasteiger partial charge < -0.3 is 14.6 Å². The lowest BCUT2D eigenvalue weighted by atomic mass is 9.95. The van der Waals surface area contributed by atoms with E-state index >= 15 is 0 Å². The molecule has 2 aromatic heterocycles. The number of carbonyl (C=O) groups excluding carboxylic acids is 2. The number of Topliss-reactive ketones (excluding diaryl/α,β-unsaturated/α-hetero) is 1. The van der Waals surface area contributed by atoms with E-state index in [-0.39, 0.29) is 16.5 Å². The molecule has 5 aromatic rings. The number of amides is 1. The Kier molecular flexibility index (Phi) is 9.08. The molecule has 45 heavy (non-hydrogen) atoms. The maximum Gasteiger partial charge on any atom is 0.301 e. The third kappa shape index (κ3) is 6.13. The van der Waals surface area contributed by atoms with Crippen molar-refractivity contribution in [1.29, 1.82) is 0 Å². The predicted molar refractivity (Wildman–Crippen MR) is 176 cm³/mol. The normalized spacial score (nSPS) is 16.0. The van der Waals surface area contributed by atoms with Crippen molar-refractivity contribution in [3.8, 4) is 11.5 Å². The Labute approximate surface area is 268 Å². The van der Waals surface area contributed by atoms with Gasteiger partial charge in [0, 0.05) is 23.7 Å². The van der Waals surface area contributed by atoms with E-state index in [2.05, 4.69) is 39.4 Å². The lowest BCUT2D eigenvalue weighted by Crippen LogP contribution is -2.29. The average molecular weight is 639 g/mol. The fourth-order valence-electron chi connectivity index (χ4n) is 5.22. The highest BCUT2D eigenvalue weighted by Crippen LogP contribution is 2.45. The SMILES string of the molecule is CCCOc1ccc(C2C(=C(O)c3ccncc3)C(=O)C(=O)N2c2nnc(SCc3cccc4ccccc34)s2)cc1OCC. The Morgan fingerprint density at radius 3 is 2.56 bits per heavy atom. The topological polar surface area (TPSA) is 115 Å². The number of aliphatic hydroxyl groups excluding tert-OH is 1. The second-order valence-electron chi connectivity index (χ2n) is 10.2. The van der Waals surface area contributed by atoms with Gasteiger partial charge in [0.25, 0.3) is 5.78 Å². The largest absolute Gasteiger partial charge is 0.507 e. The molecular formula is C34H30N4O5S2. The van der Waals surface area contributed by atoms with Crippen LogP contribution in [-0.4, -0.2) is 45.2 Å². The van der Waals surface area contributed by atoms with Crippen LogP contribution in [0.15, 0.2) is 95.1 Å². The van der Waals surface area contributed by atoms with Crippen molar-refractivity contribution in [2.24, 2.45) is 0 Å². The van der Waals surface area contributed by atoms with Crippen molar-refractivity contribution < 1.29 is 24.2 Å². The molecule has 1 saturated heterocycles. The number of anilines is 1. The van der Waals surface area contributed by atoms with E-state index in [9.17, 15) is 14.7 Å². The van der Waals surface area contributed by atoms with Gasteiger partial charge in [-0.05, 0) is 59.5 Å². The molecule has 1 aliphatic rings. The van der Waals surface area contributed by atoms with Crippen molar-refractivity contribution in [3.05, 3.63) is 107 Å². The Morgan fingerprint density at radius 1 is 0.956 bits per heavy atom. The van der Waals surface area contributed by atoms with Crippen LogP contribution < -0.4 is 14.4 Å². The number of rotatable bonds is 11. The lowest BCUT2D eigenvalue weighted by molar-refractivity contribution is -0.132. The van der Waals surface area contributed by atoms with Crippen LogP contribution in [0, 0.1) is 0 Å². The first kappa shape index (κ1) is 30.3. The standard InChI is InChI=1S/C34H30N4O5S2/c1-3-18-43-26-13-12-23(19-27(26)42-4-2)29-28(30(39)22-14-16-35-17-15-22)31(40)32(41)38(29)33-36-37-34(45-33)44-20-24-10-7-9-21-8-5-6-11-25(21)24/h5-17,19,29,39H,3-4,18,20H2,1-2H3. The van der Waals surface area contributed by atoms with Gasteiger partial charge in [-0.1, -0.05) is 78.6 Å². The molecule has 3 heterocycles. The minimum absolute atomic E-state index is 0.0592. The molecule has 3 aromatic carbocycles. The third-order valence-corrected chi connectivity index (χ3v) is 9.38. The summed E-state index contributed by atoms with van der Waals surface area (Å²) in [6, 6.07) is 21.8. The summed E-state index contributed by atoms with van der Waals surface area (Å²) in [6.07, 6.45) is 3.84. The van der Waals surface area contributed by atoms with Gasteiger partial charge in [-0.3, -0.25) is 19.5 Å². The molecule has 9 nitrogen and oxygen atoms in total. The van der Waals surface area contributed by atoms with Gasteiger partial charge in [0.2, 0.25) is 5.13 Å². The van der Waals surface area contributed by atoms with E-state index in [1.54, 1.807) is 30.3 Å². The number of ketones is 1. The zero-order chi connectivity index (χ0) is 31.3. The maximum atomic E-state index is 13.7. The molecule has 11 heteroatoms. The molecule has 1 N–H and O–H groups in total. The molecule has 1 fully saturated rings. The Balaban J connectivity index is 1.39. The van der Waals surface area contributed by atoms with Gasteiger partial charge in [-0.15, -0.1) is 10.2 Å². The van der Waals surface area contributed by atoms with E-state index in [0.29, 0.717) is 45.9 Å². The van der Waals surface area contributed by atoms with Crippen molar-refractivity contribution in [2.45, 2.75) is 36.4 Å². The molecule has 1 amide bonds. The number of carbonyl (C=O) groups is 2. The van der Waals surface area contributed by atoms with Gasteiger partial charge in [0.15, 0.2) is 15.8 Å². The Bertz CT molecular complexity index is 1890. The Morgan fingerprint density at radius 2 is 1.76 bits per heavy atom. The zero-order valence-corrected chi connectivity index (χ0v) is 26.3. The van der Waals surface area contributed by atoms with Crippen LogP contribution in [0.3, 0.4) is 0 Å². The summed E-state index contributed by atoms with van der Waals surface area (Å²) in [7, 11) is 0.